The van der Waals surface area contributed by atoms with Crippen LogP contribution in [0.1, 0.15) is 20.8 Å². The van der Waals surface area contributed by atoms with Gasteiger partial charge in [0.15, 0.2) is 0 Å². The highest BCUT2D eigenvalue weighted by atomic mass is 35.5. The molecule has 0 amide bonds. The molecule has 0 radical (unpaired) electrons. The molecule has 2 aromatic carbocycles. The average molecular weight is 362 g/mol. The van der Waals surface area contributed by atoms with Crippen LogP contribution in [0.2, 0.25) is 10.0 Å². The normalized spacial score (nSPS) is 10.6. The molecule has 1 heterocycles. The van der Waals surface area contributed by atoms with E-state index in [9.17, 15) is 4.79 Å². The summed E-state index contributed by atoms with van der Waals surface area (Å²) in [7, 11) is 0. The average Bonchev–Trinajstić information content (AvgIpc) is 2.96. The predicted molar refractivity (Wildman–Crippen MR) is 98.7 cm³/mol. The van der Waals surface area contributed by atoms with Crippen LogP contribution in [0, 0.1) is 6.92 Å². The molecule has 0 saturated carbocycles. The molecule has 0 bridgehead atoms. The molecule has 0 aliphatic carbocycles. The van der Waals surface area contributed by atoms with Gasteiger partial charge in [-0.05, 0) is 42.8 Å². The highest BCUT2D eigenvalue weighted by molar-refractivity contribution is 7.12. The molecule has 0 spiro atoms. The van der Waals surface area contributed by atoms with E-state index in [1.165, 1.54) is 11.3 Å². The third kappa shape index (κ3) is 3.58. The van der Waals surface area contributed by atoms with E-state index in [0.29, 0.717) is 20.5 Å². The topological polar surface area (TPSA) is 29.1 Å². The Morgan fingerprint density at radius 1 is 1.09 bits per heavy atom. The molecule has 0 aliphatic heterocycles. The Hall–Kier alpha value is -1.81. The second-order valence-corrected chi connectivity index (χ2v) is 6.85. The van der Waals surface area contributed by atoms with Crippen LogP contribution in [0.4, 0.5) is 11.4 Å². The maximum Gasteiger partial charge on any atom is 0.204 e. The van der Waals surface area contributed by atoms with E-state index in [2.05, 4.69) is 5.32 Å². The second-order valence-electron chi connectivity index (χ2n) is 5.09. The SMILES string of the molecule is Cc1ccccc1Nc1ccc(C(=O)c2cc(Cl)cs2)c(Cl)c1. The maximum absolute atomic E-state index is 12.5. The summed E-state index contributed by atoms with van der Waals surface area (Å²) in [5.41, 5.74) is 3.45. The van der Waals surface area contributed by atoms with Gasteiger partial charge in [-0.1, -0.05) is 41.4 Å². The van der Waals surface area contributed by atoms with Crippen LogP contribution in [0.25, 0.3) is 0 Å². The first-order valence-electron chi connectivity index (χ1n) is 6.95. The number of carbonyl (C=O) groups excluding carboxylic acids is 1. The lowest BCUT2D eigenvalue weighted by Gasteiger charge is -2.11. The molecule has 116 valence electrons. The molecule has 0 unspecified atom stereocenters. The molecule has 0 atom stereocenters. The fourth-order valence-electron chi connectivity index (χ4n) is 2.21. The van der Waals surface area contributed by atoms with E-state index in [1.54, 1.807) is 23.6 Å². The Morgan fingerprint density at radius 3 is 2.52 bits per heavy atom. The monoisotopic (exact) mass is 361 g/mol. The van der Waals surface area contributed by atoms with Crippen LogP contribution in [0.5, 0.6) is 0 Å². The maximum atomic E-state index is 12.5. The van der Waals surface area contributed by atoms with Crippen molar-refractivity contribution in [3.05, 3.63) is 80.0 Å². The molecule has 1 N–H and O–H groups in total. The number of anilines is 2. The van der Waals surface area contributed by atoms with Gasteiger partial charge in [0.05, 0.1) is 14.9 Å². The smallest absolute Gasteiger partial charge is 0.204 e. The van der Waals surface area contributed by atoms with Crippen molar-refractivity contribution < 1.29 is 4.79 Å². The van der Waals surface area contributed by atoms with Gasteiger partial charge in [0.1, 0.15) is 0 Å². The van der Waals surface area contributed by atoms with Crippen LogP contribution < -0.4 is 5.32 Å². The lowest BCUT2D eigenvalue weighted by atomic mass is 10.1. The van der Waals surface area contributed by atoms with Gasteiger partial charge in [-0.3, -0.25) is 4.79 Å². The summed E-state index contributed by atoms with van der Waals surface area (Å²) in [6.45, 7) is 2.03. The van der Waals surface area contributed by atoms with Gasteiger partial charge in [0.25, 0.3) is 0 Å². The largest absolute Gasteiger partial charge is 0.355 e. The fourth-order valence-corrected chi connectivity index (χ4v) is 3.50. The summed E-state index contributed by atoms with van der Waals surface area (Å²) in [6, 6.07) is 15.0. The molecule has 0 saturated heterocycles. The molecule has 3 aromatic rings. The van der Waals surface area contributed by atoms with Gasteiger partial charge in [-0.15, -0.1) is 11.3 Å². The first kappa shape index (κ1) is 16.1. The Kier molecular flexibility index (Phi) is 4.71. The summed E-state index contributed by atoms with van der Waals surface area (Å²) < 4.78 is 0. The summed E-state index contributed by atoms with van der Waals surface area (Å²) in [6.07, 6.45) is 0. The van der Waals surface area contributed by atoms with Crippen LogP contribution in [-0.4, -0.2) is 5.78 Å². The Morgan fingerprint density at radius 2 is 1.87 bits per heavy atom. The molecule has 23 heavy (non-hydrogen) atoms. The van der Waals surface area contributed by atoms with Crippen molar-refractivity contribution in [3.63, 3.8) is 0 Å². The third-order valence-corrected chi connectivity index (χ3v) is 5.02. The summed E-state index contributed by atoms with van der Waals surface area (Å²) in [5.74, 6) is -0.116. The quantitative estimate of drug-likeness (QED) is 0.549. The van der Waals surface area contributed by atoms with Crippen LogP contribution in [0.3, 0.4) is 0 Å². The van der Waals surface area contributed by atoms with Gasteiger partial charge in [0, 0.05) is 22.3 Å². The first-order valence-corrected chi connectivity index (χ1v) is 8.59. The standard InChI is InChI=1S/C18H13Cl2NOS/c1-11-4-2-3-5-16(11)21-13-6-7-14(15(20)9-13)18(22)17-8-12(19)10-23-17/h2-10,21H,1H3. The fraction of sp³-hybridized carbons (Fsp3) is 0.0556. The number of hydrogen-bond acceptors (Lipinski definition) is 3. The molecule has 5 heteroatoms. The molecule has 1 aromatic heterocycles. The van der Waals surface area contributed by atoms with Gasteiger partial charge >= 0.3 is 0 Å². The summed E-state index contributed by atoms with van der Waals surface area (Å²) >= 11 is 13.5. The minimum Gasteiger partial charge on any atom is -0.355 e. The lowest BCUT2D eigenvalue weighted by Crippen LogP contribution is -2.01. The van der Waals surface area contributed by atoms with Crippen molar-refractivity contribution in [1.29, 1.82) is 0 Å². The number of thiophene rings is 1. The van der Waals surface area contributed by atoms with E-state index >= 15 is 0 Å². The highest BCUT2D eigenvalue weighted by Crippen LogP contribution is 2.29. The van der Waals surface area contributed by atoms with E-state index in [4.69, 9.17) is 23.2 Å². The minimum absolute atomic E-state index is 0.116. The number of halogens is 2. The van der Waals surface area contributed by atoms with E-state index in [0.717, 1.165) is 16.9 Å². The number of nitrogens with one attached hydrogen (secondary N) is 1. The van der Waals surface area contributed by atoms with Gasteiger partial charge in [-0.2, -0.15) is 0 Å². The van der Waals surface area contributed by atoms with Crippen molar-refractivity contribution >= 4 is 51.7 Å². The Bertz CT molecular complexity index is 873. The Labute approximate surface area is 148 Å². The van der Waals surface area contributed by atoms with Crippen molar-refractivity contribution in [3.8, 4) is 0 Å². The number of aryl methyl sites for hydroxylation is 1. The van der Waals surface area contributed by atoms with Crippen LogP contribution in [0.15, 0.2) is 53.9 Å². The van der Waals surface area contributed by atoms with Gasteiger partial charge in [-0.25, -0.2) is 0 Å². The highest BCUT2D eigenvalue weighted by Gasteiger charge is 2.15. The van der Waals surface area contributed by atoms with Crippen LogP contribution in [-0.2, 0) is 0 Å². The van der Waals surface area contributed by atoms with Gasteiger partial charge in [0.2, 0.25) is 5.78 Å². The Balaban J connectivity index is 1.86. The minimum atomic E-state index is -0.116. The van der Waals surface area contributed by atoms with Crippen LogP contribution >= 0.6 is 34.5 Å². The lowest BCUT2D eigenvalue weighted by molar-refractivity contribution is 0.104. The zero-order chi connectivity index (χ0) is 16.4. The molecule has 0 aliphatic rings. The van der Waals surface area contributed by atoms with E-state index < -0.39 is 0 Å². The molecule has 2 nitrogen and oxygen atoms in total. The van der Waals surface area contributed by atoms with Gasteiger partial charge < -0.3 is 5.32 Å². The zero-order valence-corrected chi connectivity index (χ0v) is 14.6. The number of benzene rings is 2. The summed E-state index contributed by atoms with van der Waals surface area (Å²) in [4.78, 5) is 13.0. The molecular formula is C18H13Cl2NOS. The van der Waals surface area contributed by atoms with Crippen molar-refractivity contribution in [2.75, 3.05) is 5.32 Å². The number of rotatable bonds is 4. The van der Waals surface area contributed by atoms with Crippen molar-refractivity contribution in [2.24, 2.45) is 0 Å². The summed E-state index contributed by atoms with van der Waals surface area (Å²) in [5, 5.41) is 6.02. The van der Waals surface area contributed by atoms with Crippen molar-refractivity contribution in [2.45, 2.75) is 6.92 Å². The van der Waals surface area contributed by atoms with E-state index in [-0.39, 0.29) is 5.78 Å². The molecule has 0 fully saturated rings. The first-order chi connectivity index (χ1) is 11.0. The third-order valence-electron chi connectivity index (χ3n) is 3.43. The zero-order valence-electron chi connectivity index (χ0n) is 12.3. The number of hydrogen-bond donors (Lipinski definition) is 1. The number of para-hydroxylation sites is 1. The number of ketones is 1. The second kappa shape index (κ2) is 6.75. The molecule has 3 rings (SSSR count). The van der Waals surface area contributed by atoms with Crippen molar-refractivity contribution in [1.82, 2.24) is 0 Å². The van der Waals surface area contributed by atoms with E-state index in [1.807, 2.05) is 37.3 Å². The number of carbonyl (C=O) groups is 1. The predicted octanol–water partition coefficient (Wildman–Crippen LogP) is 6.34. The molecular weight excluding hydrogens is 349 g/mol.